The molecule has 22 heavy (non-hydrogen) atoms. The lowest BCUT2D eigenvalue weighted by Gasteiger charge is -2.58. The third-order valence-corrected chi connectivity index (χ3v) is 8.35. The summed E-state index contributed by atoms with van der Waals surface area (Å²) in [5, 5.41) is 10.5. The van der Waals surface area contributed by atoms with E-state index in [1.165, 1.54) is 32.1 Å². The summed E-state index contributed by atoms with van der Waals surface area (Å²) >= 11 is 0. The van der Waals surface area contributed by atoms with Crippen molar-refractivity contribution in [2.75, 3.05) is 0 Å². The van der Waals surface area contributed by atoms with Gasteiger partial charge in [-0.3, -0.25) is 0 Å². The van der Waals surface area contributed by atoms with Gasteiger partial charge >= 0.3 is 0 Å². The van der Waals surface area contributed by atoms with Crippen molar-refractivity contribution in [2.45, 2.75) is 78.2 Å². The van der Waals surface area contributed by atoms with Crippen molar-refractivity contribution in [2.24, 2.45) is 28.6 Å². The molecule has 6 atom stereocenters. The van der Waals surface area contributed by atoms with E-state index in [1.54, 1.807) is 11.1 Å². The fourth-order valence-corrected chi connectivity index (χ4v) is 6.59. The SMILES string of the molecule is CC1=CCC2C3CC=C4C[C@@](C)(O)CCC4(C)C3CCC12C. The standard InChI is InChI=1S/C21H32O/c1-14-5-8-17-16-7-6-15-13-19(2,22)11-12-21(15,4)18(16)9-10-20(14,17)3/h5-6,16-18,22H,7-13H2,1-4H3/t16?,17?,18?,19-,20?,21?/m0/s1. The second-order valence-electron chi connectivity index (χ2n) is 9.51. The van der Waals surface area contributed by atoms with Gasteiger partial charge in [0.25, 0.3) is 0 Å². The lowest BCUT2D eigenvalue weighted by atomic mass is 9.47. The maximum Gasteiger partial charge on any atom is 0.0657 e. The molecular weight excluding hydrogens is 268 g/mol. The summed E-state index contributed by atoms with van der Waals surface area (Å²) in [5.41, 5.74) is 3.61. The highest BCUT2D eigenvalue weighted by atomic mass is 16.3. The van der Waals surface area contributed by atoms with E-state index >= 15 is 0 Å². The molecule has 1 heteroatoms. The van der Waals surface area contributed by atoms with Crippen LogP contribution in [0.4, 0.5) is 0 Å². The third kappa shape index (κ3) is 1.87. The van der Waals surface area contributed by atoms with Gasteiger partial charge in [0, 0.05) is 0 Å². The summed E-state index contributed by atoms with van der Waals surface area (Å²) in [7, 11) is 0. The van der Waals surface area contributed by atoms with E-state index < -0.39 is 5.60 Å². The normalized spacial score (nSPS) is 54.0. The van der Waals surface area contributed by atoms with Crippen molar-refractivity contribution in [3.05, 3.63) is 23.3 Å². The minimum Gasteiger partial charge on any atom is -0.390 e. The Morgan fingerprint density at radius 2 is 1.73 bits per heavy atom. The van der Waals surface area contributed by atoms with Gasteiger partial charge in [-0.05, 0) is 87.4 Å². The Labute approximate surface area is 135 Å². The van der Waals surface area contributed by atoms with E-state index in [-0.39, 0.29) is 0 Å². The molecule has 0 heterocycles. The Morgan fingerprint density at radius 1 is 0.955 bits per heavy atom. The van der Waals surface area contributed by atoms with Crippen LogP contribution in [0.1, 0.15) is 72.6 Å². The molecule has 0 bridgehead atoms. The molecule has 0 saturated heterocycles. The molecule has 4 rings (SSSR count). The van der Waals surface area contributed by atoms with Crippen LogP contribution in [0, 0.1) is 28.6 Å². The van der Waals surface area contributed by atoms with Crippen molar-refractivity contribution in [3.8, 4) is 0 Å². The zero-order chi connectivity index (χ0) is 15.8. The van der Waals surface area contributed by atoms with Gasteiger partial charge < -0.3 is 5.11 Å². The van der Waals surface area contributed by atoms with Crippen LogP contribution in [0.2, 0.25) is 0 Å². The van der Waals surface area contributed by atoms with Crippen LogP contribution in [0.15, 0.2) is 23.3 Å². The molecular formula is C21H32O. The molecule has 0 spiro atoms. The quantitative estimate of drug-likeness (QED) is 0.605. The molecule has 4 aliphatic carbocycles. The Bertz CT molecular complexity index is 554. The molecule has 1 N–H and O–H groups in total. The minimum absolute atomic E-state index is 0.364. The van der Waals surface area contributed by atoms with Gasteiger partial charge in [0.1, 0.15) is 0 Å². The van der Waals surface area contributed by atoms with Crippen LogP contribution in [0.5, 0.6) is 0 Å². The predicted octanol–water partition coefficient (Wildman–Crippen LogP) is 5.26. The van der Waals surface area contributed by atoms with Gasteiger partial charge in [-0.15, -0.1) is 0 Å². The second kappa shape index (κ2) is 4.50. The molecule has 5 unspecified atom stereocenters. The van der Waals surface area contributed by atoms with Gasteiger partial charge in [-0.1, -0.05) is 37.1 Å². The zero-order valence-corrected chi connectivity index (χ0v) is 14.8. The van der Waals surface area contributed by atoms with E-state index in [9.17, 15) is 5.11 Å². The molecule has 0 aromatic carbocycles. The summed E-state index contributed by atoms with van der Waals surface area (Å²) in [6, 6.07) is 0. The average Bonchev–Trinajstić information content (AvgIpc) is 2.76. The van der Waals surface area contributed by atoms with Crippen molar-refractivity contribution >= 4 is 0 Å². The zero-order valence-electron chi connectivity index (χ0n) is 14.8. The molecule has 0 aliphatic heterocycles. The van der Waals surface area contributed by atoms with E-state index in [1.807, 2.05) is 6.92 Å². The number of aliphatic hydroxyl groups is 1. The second-order valence-corrected chi connectivity index (χ2v) is 9.51. The van der Waals surface area contributed by atoms with Crippen LogP contribution in [-0.4, -0.2) is 10.7 Å². The summed E-state index contributed by atoms with van der Waals surface area (Å²) in [4.78, 5) is 0. The number of hydrogen-bond acceptors (Lipinski definition) is 1. The third-order valence-electron chi connectivity index (χ3n) is 8.35. The van der Waals surface area contributed by atoms with Crippen molar-refractivity contribution in [3.63, 3.8) is 0 Å². The molecule has 2 fully saturated rings. The summed E-state index contributed by atoms with van der Waals surface area (Å²) in [5.74, 6) is 2.58. The highest BCUT2D eigenvalue weighted by Gasteiger charge is 2.56. The Kier molecular flexibility index (Phi) is 3.07. The van der Waals surface area contributed by atoms with E-state index in [2.05, 4.69) is 32.9 Å². The lowest BCUT2D eigenvalue weighted by molar-refractivity contribution is -0.0519. The van der Waals surface area contributed by atoms with E-state index in [4.69, 9.17) is 0 Å². The lowest BCUT2D eigenvalue weighted by Crippen LogP contribution is -2.51. The maximum atomic E-state index is 10.5. The van der Waals surface area contributed by atoms with Crippen LogP contribution in [-0.2, 0) is 0 Å². The minimum atomic E-state index is -0.465. The first-order valence-corrected chi connectivity index (χ1v) is 9.35. The number of allylic oxidation sites excluding steroid dienone is 3. The topological polar surface area (TPSA) is 20.2 Å². The smallest absolute Gasteiger partial charge is 0.0657 e. The molecule has 1 nitrogen and oxygen atoms in total. The Morgan fingerprint density at radius 3 is 2.50 bits per heavy atom. The molecule has 2 saturated carbocycles. The van der Waals surface area contributed by atoms with Crippen LogP contribution >= 0.6 is 0 Å². The Hall–Kier alpha value is -0.560. The van der Waals surface area contributed by atoms with Gasteiger partial charge in [-0.2, -0.15) is 0 Å². The highest BCUT2D eigenvalue weighted by Crippen LogP contribution is 2.65. The van der Waals surface area contributed by atoms with Crippen molar-refractivity contribution in [1.29, 1.82) is 0 Å². The van der Waals surface area contributed by atoms with E-state index in [0.717, 1.165) is 30.6 Å². The molecule has 0 radical (unpaired) electrons. The summed E-state index contributed by atoms with van der Waals surface area (Å²) in [6.45, 7) is 9.44. The maximum absolute atomic E-state index is 10.5. The van der Waals surface area contributed by atoms with E-state index in [0.29, 0.717) is 10.8 Å². The first-order valence-electron chi connectivity index (χ1n) is 9.35. The predicted molar refractivity (Wildman–Crippen MR) is 91.5 cm³/mol. The highest BCUT2D eigenvalue weighted by molar-refractivity contribution is 5.30. The average molecular weight is 300 g/mol. The van der Waals surface area contributed by atoms with Crippen molar-refractivity contribution in [1.82, 2.24) is 0 Å². The molecule has 0 amide bonds. The monoisotopic (exact) mass is 300 g/mol. The van der Waals surface area contributed by atoms with Gasteiger partial charge in [0.05, 0.1) is 5.60 Å². The van der Waals surface area contributed by atoms with Crippen LogP contribution in [0.3, 0.4) is 0 Å². The van der Waals surface area contributed by atoms with Crippen molar-refractivity contribution < 1.29 is 5.11 Å². The molecule has 0 aromatic heterocycles. The first-order chi connectivity index (χ1) is 10.3. The molecule has 4 aliphatic rings. The largest absolute Gasteiger partial charge is 0.390 e. The number of rotatable bonds is 0. The Balaban J connectivity index is 1.68. The number of fused-ring (bicyclic) bond motifs is 5. The fourth-order valence-electron chi connectivity index (χ4n) is 6.59. The van der Waals surface area contributed by atoms with Crippen LogP contribution in [0.25, 0.3) is 0 Å². The first kappa shape index (κ1) is 15.0. The van der Waals surface area contributed by atoms with Gasteiger partial charge in [-0.25, -0.2) is 0 Å². The number of hydrogen-bond donors (Lipinski definition) is 1. The van der Waals surface area contributed by atoms with Crippen LogP contribution < -0.4 is 0 Å². The fraction of sp³-hybridized carbons (Fsp3) is 0.810. The molecule has 0 aromatic rings. The molecule has 122 valence electrons. The van der Waals surface area contributed by atoms with Gasteiger partial charge in [0.2, 0.25) is 0 Å². The van der Waals surface area contributed by atoms with Gasteiger partial charge in [0.15, 0.2) is 0 Å². The summed E-state index contributed by atoms with van der Waals surface area (Å²) < 4.78 is 0. The summed E-state index contributed by atoms with van der Waals surface area (Å²) in [6.07, 6.45) is 13.5.